The average molecular weight is 408 g/mol. The smallest absolute Gasteiger partial charge is 0.224 e. The number of carbonyl (C=O) groups excluding carboxylic acids is 1. The number of carbonyl (C=O) groups is 1. The minimum absolute atomic E-state index is 0.0314. The molecule has 2 aromatic heterocycles. The molecule has 1 amide bonds. The van der Waals surface area contributed by atoms with Gasteiger partial charge in [-0.15, -0.1) is 11.3 Å². The van der Waals surface area contributed by atoms with Gasteiger partial charge < -0.3 is 5.32 Å². The highest BCUT2D eigenvalue weighted by molar-refractivity contribution is 7.15. The van der Waals surface area contributed by atoms with Crippen LogP contribution in [0.15, 0.2) is 60.1 Å². The van der Waals surface area contributed by atoms with Gasteiger partial charge in [-0.1, -0.05) is 38.1 Å². The van der Waals surface area contributed by atoms with E-state index >= 15 is 0 Å². The third-order valence-electron chi connectivity index (χ3n) is 4.90. The lowest BCUT2D eigenvalue weighted by atomic mass is 10.0. The lowest BCUT2D eigenvalue weighted by Crippen LogP contribution is -2.12. The molecule has 6 heteroatoms. The Hall–Kier alpha value is -2.99. The van der Waals surface area contributed by atoms with Crippen LogP contribution in [0, 0.1) is 5.82 Å². The fraction of sp³-hybridized carbons (Fsp3) is 0.217. The standard InChI is InChI=1S/C23H22FN3OS/c1-15(2)16-7-9-17(10-8-16)25-22(28)12-11-18-14-29-23-26-21(13-27(18)23)19-5-3-4-6-20(19)24/h3-10,13-15H,11-12H2,1-2H3,(H,25,28). The van der Waals surface area contributed by atoms with Crippen LogP contribution in [0.1, 0.15) is 37.4 Å². The van der Waals surface area contributed by atoms with E-state index in [1.165, 1.54) is 23.0 Å². The molecule has 0 fully saturated rings. The molecule has 0 radical (unpaired) electrons. The van der Waals surface area contributed by atoms with Crippen LogP contribution in [0.25, 0.3) is 16.2 Å². The second-order valence-electron chi connectivity index (χ2n) is 7.31. The number of nitrogens with one attached hydrogen (secondary N) is 1. The fourth-order valence-electron chi connectivity index (χ4n) is 3.22. The van der Waals surface area contributed by atoms with Crippen molar-refractivity contribution in [1.82, 2.24) is 9.38 Å². The Balaban J connectivity index is 1.43. The minimum Gasteiger partial charge on any atom is -0.326 e. The largest absolute Gasteiger partial charge is 0.326 e. The first-order chi connectivity index (χ1) is 14.0. The molecule has 29 heavy (non-hydrogen) atoms. The van der Waals surface area contributed by atoms with Crippen molar-refractivity contribution < 1.29 is 9.18 Å². The van der Waals surface area contributed by atoms with Crippen LogP contribution in [0.5, 0.6) is 0 Å². The molecule has 0 aliphatic rings. The number of nitrogens with zero attached hydrogens (tertiary/aromatic N) is 2. The maximum Gasteiger partial charge on any atom is 0.224 e. The number of halogens is 1. The number of imidazole rings is 1. The fourth-order valence-corrected chi connectivity index (χ4v) is 4.13. The lowest BCUT2D eigenvalue weighted by molar-refractivity contribution is -0.116. The summed E-state index contributed by atoms with van der Waals surface area (Å²) < 4.78 is 16.0. The van der Waals surface area contributed by atoms with Crippen LogP contribution in [0.4, 0.5) is 10.1 Å². The lowest BCUT2D eigenvalue weighted by Gasteiger charge is -2.08. The van der Waals surface area contributed by atoms with Crippen LogP contribution in [0.2, 0.25) is 0 Å². The molecule has 0 atom stereocenters. The molecule has 4 nitrogen and oxygen atoms in total. The molecule has 148 valence electrons. The molecule has 0 spiro atoms. The summed E-state index contributed by atoms with van der Waals surface area (Å²) in [7, 11) is 0. The summed E-state index contributed by atoms with van der Waals surface area (Å²) in [5, 5.41) is 4.95. The van der Waals surface area contributed by atoms with Crippen LogP contribution in [-0.2, 0) is 11.2 Å². The van der Waals surface area contributed by atoms with Gasteiger partial charge in [0, 0.05) is 34.9 Å². The summed E-state index contributed by atoms with van der Waals surface area (Å²) in [6.07, 6.45) is 2.79. The number of aromatic nitrogens is 2. The van der Waals surface area contributed by atoms with Crippen molar-refractivity contribution in [3.05, 3.63) is 77.2 Å². The maximum absolute atomic E-state index is 14.0. The van der Waals surface area contributed by atoms with Crippen molar-refractivity contribution in [1.29, 1.82) is 0 Å². The van der Waals surface area contributed by atoms with E-state index in [9.17, 15) is 9.18 Å². The maximum atomic E-state index is 14.0. The molecule has 0 saturated heterocycles. The van der Waals surface area contributed by atoms with Crippen molar-refractivity contribution in [3.63, 3.8) is 0 Å². The first-order valence-corrected chi connectivity index (χ1v) is 10.5. The quantitative estimate of drug-likeness (QED) is 0.433. The number of benzene rings is 2. The second-order valence-corrected chi connectivity index (χ2v) is 8.15. The second kappa shape index (κ2) is 8.17. The molecule has 0 unspecified atom stereocenters. The number of thiazole rings is 1. The third kappa shape index (κ3) is 4.22. The summed E-state index contributed by atoms with van der Waals surface area (Å²) >= 11 is 1.49. The molecular weight excluding hydrogens is 385 g/mol. The van der Waals surface area contributed by atoms with E-state index in [2.05, 4.69) is 24.1 Å². The third-order valence-corrected chi connectivity index (χ3v) is 5.79. The van der Waals surface area contributed by atoms with Gasteiger partial charge in [0.1, 0.15) is 5.82 Å². The Bertz CT molecular complexity index is 1140. The molecule has 1 N–H and O–H groups in total. The number of rotatable bonds is 6. The van der Waals surface area contributed by atoms with E-state index in [0.717, 1.165) is 16.3 Å². The Labute approximate surface area is 173 Å². The normalized spacial score (nSPS) is 11.3. The Kier molecular flexibility index (Phi) is 5.45. The van der Waals surface area contributed by atoms with E-state index in [1.807, 2.05) is 40.2 Å². The van der Waals surface area contributed by atoms with Crippen molar-refractivity contribution >= 4 is 27.9 Å². The zero-order valence-electron chi connectivity index (χ0n) is 16.4. The van der Waals surface area contributed by atoms with Gasteiger partial charge in [0.05, 0.1) is 5.69 Å². The van der Waals surface area contributed by atoms with Gasteiger partial charge in [-0.3, -0.25) is 9.20 Å². The number of amides is 1. The predicted molar refractivity (Wildman–Crippen MR) is 116 cm³/mol. The van der Waals surface area contributed by atoms with Gasteiger partial charge in [-0.25, -0.2) is 9.37 Å². The van der Waals surface area contributed by atoms with E-state index < -0.39 is 0 Å². The summed E-state index contributed by atoms with van der Waals surface area (Å²) in [6.45, 7) is 4.28. The molecule has 4 aromatic rings. The molecule has 4 rings (SSSR count). The molecule has 0 aliphatic carbocycles. The molecule has 0 bridgehead atoms. The Morgan fingerprint density at radius 2 is 1.93 bits per heavy atom. The molecular formula is C23H22FN3OS. The molecule has 2 heterocycles. The highest BCUT2D eigenvalue weighted by atomic mass is 32.1. The Morgan fingerprint density at radius 1 is 1.17 bits per heavy atom. The summed E-state index contributed by atoms with van der Waals surface area (Å²) in [4.78, 5) is 17.7. The zero-order valence-corrected chi connectivity index (χ0v) is 17.2. The van der Waals surface area contributed by atoms with Gasteiger partial charge in [0.2, 0.25) is 5.91 Å². The Morgan fingerprint density at radius 3 is 2.66 bits per heavy atom. The zero-order chi connectivity index (χ0) is 20.4. The van der Waals surface area contributed by atoms with Crippen molar-refractivity contribution in [3.8, 4) is 11.3 Å². The van der Waals surface area contributed by atoms with Gasteiger partial charge in [0.25, 0.3) is 0 Å². The topological polar surface area (TPSA) is 46.4 Å². The van der Waals surface area contributed by atoms with Gasteiger partial charge >= 0.3 is 0 Å². The van der Waals surface area contributed by atoms with Crippen LogP contribution >= 0.6 is 11.3 Å². The summed E-state index contributed by atoms with van der Waals surface area (Å²) in [6, 6.07) is 14.6. The first-order valence-electron chi connectivity index (χ1n) is 9.61. The number of hydrogen-bond donors (Lipinski definition) is 1. The monoisotopic (exact) mass is 407 g/mol. The van der Waals surface area contributed by atoms with Crippen molar-refractivity contribution in [2.45, 2.75) is 32.6 Å². The minimum atomic E-state index is -0.289. The van der Waals surface area contributed by atoms with E-state index in [-0.39, 0.29) is 11.7 Å². The van der Waals surface area contributed by atoms with Crippen LogP contribution < -0.4 is 5.32 Å². The van der Waals surface area contributed by atoms with Gasteiger partial charge in [0.15, 0.2) is 4.96 Å². The SMILES string of the molecule is CC(C)c1ccc(NC(=O)CCc2csc3nc(-c4ccccc4F)cn23)cc1. The molecule has 2 aromatic carbocycles. The van der Waals surface area contributed by atoms with Gasteiger partial charge in [-0.05, 0) is 42.2 Å². The van der Waals surface area contributed by atoms with Gasteiger partial charge in [-0.2, -0.15) is 0 Å². The van der Waals surface area contributed by atoms with E-state index in [1.54, 1.807) is 18.2 Å². The summed E-state index contributed by atoms with van der Waals surface area (Å²) in [5.41, 5.74) is 4.13. The van der Waals surface area contributed by atoms with Crippen LogP contribution in [-0.4, -0.2) is 15.3 Å². The van der Waals surface area contributed by atoms with Crippen molar-refractivity contribution in [2.75, 3.05) is 5.32 Å². The number of aryl methyl sites for hydroxylation is 1. The predicted octanol–water partition coefficient (Wildman–Crippen LogP) is 5.90. The first kappa shape index (κ1) is 19.3. The van der Waals surface area contributed by atoms with E-state index in [4.69, 9.17) is 0 Å². The number of anilines is 1. The van der Waals surface area contributed by atoms with Crippen LogP contribution in [0.3, 0.4) is 0 Å². The van der Waals surface area contributed by atoms with Crippen molar-refractivity contribution in [2.24, 2.45) is 0 Å². The molecule has 0 saturated carbocycles. The summed E-state index contributed by atoms with van der Waals surface area (Å²) in [5.74, 6) is 0.143. The highest BCUT2D eigenvalue weighted by Gasteiger charge is 2.13. The number of fused-ring (bicyclic) bond motifs is 1. The molecule has 0 aliphatic heterocycles. The number of hydrogen-bond acceptors (Lipinski definition) is 3. The van der Waals surface area contributed by atoms with E-state index in [0.29, 0.717) is 30.0 Å². The average Bonchev–Trinajstić information content (AvgIpc) is 3.28. The highest BCUT2D eigenvalue weighted by Crippen LogP contribution is 2.26.